The molecule has 0 aromatic rings. The molecule has 0 unspecified atom stereocenters. The van der Waals surface area contributed by atoms with Gasteiger partial charge < -0.3 is 0 Å². The van der Waals surface area contributed by atoms with Crippen LogP contribution in [0.4, 0.5) is 0 Å². The zero-order valence-corrected chi connectivity index (χ0v) is 6.40. The van der Waals surface area contributed by atoms with Gasteiger partial charge in [0.1, 0.15) is 5.78 Å². The Balaban J connectivity index is 2.58. The highest BCUT2D eigenvalue weighted by Crippen LogP contribution is 2.44. The minimum absolute atomic E-state index is 0.00868. The van der Waals surface area contributed by atoms with Crippen molar-refractivity contribution in [3.63, 3.8) is 0 Å². The predicted octanol–water partition coefficient (Wildman–Crippen LogP) is 2.01. The van der Waals surface area contributed by atoms with E-state index >= 15 is 0 Å². The van der Waals surface area contributed by atoms with Crippen molar-refractivity contribution in [1.82, 2.24) is 0 Å². The summed E-state index contributed by atoms with van der Waals surface area (Å²) in [5.74, 6) is 1.10. The van der Waals surface area contributed by atoms with Crippen molar-refractivity contribution < 1.29 is 4.79 Å². The Kier molecular flexibility index (Phi) is 1.38. The number of Topliss-reactive ketones (excluding diaryl/α,β-unsaturated/α-hetero) is 1. The first kappa shape index (κ1) is 6.79. The van der Waals surface area contributed by atoms with Crippen LogP contribution in [0.1, 0.15) is 33.6 Å². The molecule has 1 atom stereocenters. The fourth-order valence-corrected chi connectivity index (χ4v) is 1.49. The van der Waals surface area contributed by atoms with Crippen LogP contribution < -0.4 is 0 Å². The normalized spacial score (nSPS) is 31.9. The quantitative estimate of drug-likeness (QED) is 0.525. The second-order valence-corrected chi connectivity index (χ2v) is 3.45. The molecule has 0 N–H and O–H groups in total. The average molecular weight is 126 g/mol. The number of hydrogen-bond acceptors (Lipinski definition) is 1. The van der Waals surface area contributed by atoms with Crippen LogP contribution in [0, 0.1) is 11.3 Å². The van der Waals surface area contributed by atoms with Gasteiger partial charge in [0.2, 0.25) is 0 Å². The molecule has 9 heavy (non-hydrogen) atoms. The zero-order valence-electron chi connectivity index (χ0n) is 6.40. The van der Waals surface area contributed by atoms with Crippen LogP contribution in [-0.2, 0) is 4.79 Å². The smallest absolute Gasteiger partial charge is 0.139 e. The summed E-state index contributed by atoms with van der Waals surface area (Å²) in [6, 6.07) is 0. The van der Waals surface area contributed by atoms with Gasteiger partial charge in [-0.1, -0.05) is 27.2 Å². The summed E-state index contributed by atoms with van der Waals surface area (Å²) in [6.07, 6.45) is 1.97. The van der Waals surface area contributed by atoms with E-state index in [2.05, 4.69) is 6.92 Å². The SMILES string of the molecule is CC[C@@H]1CC(=O)C1(C)C. The fourth-order valence-electron chi connectivity index (χ4n) is 1.49. The Labute approximate surface area is 56.4 Å². The van der Waals surface area contributed by atoms with E-state index in [1.165, 1.54) is 0 Å². The molecule has 1 rings (SSSR count). The highest BCUT2D eigenvalue weighted by molar-refractivity contribution is 5.90. The second-order valence-electron chi connectivity index (χ2n) is 3.45. The molecule has 1 heteroatoms. The third-order valence-electron chi connectivity index (χ3n) is 2.66. The molecule has 1 aliphatic rings. The van der Waals surface area contributed by atoms with Crippen molar-refractivity contribution in [2.75, 3.05) is 0 Å². The van der Waals surface area contributed by atoms with Crippen molar-refractivity contribution in [2.24, 2.45) is 11.3 Å². The van der Waals surface area contributed by atoms with E-state index < -0.39 is 0 Å². The molecule has 1 fully saturated rings. The van der Waals surface area contributed by atoms with Crippen LogP contribution in [0.15, 0.2) is 0 Å². The Hall–Kier alpha value is -0.330. The highest BCUT2D eigenvalue weighted by Gasteiger charge is 2.45. The molecule has 0 aromatic heterocycles. The van der Waals surface area contributed by atoms with Crippen molar-refractivity contribution in [3.05, 3.63) is 0 Å². The minimum atomic E-state index is 0.00868. The minimum Gasteiger partial charge on any atom is -0.299 e. The molecule has 1 saturated carbocycles. The zero-order chi connectivity index (χ0) is 7.07. The van der Waals surface area contributed by atoms with Crippen LogP contribution in [0.5, 0.6) is 0 Å². The van der Waals surface area contributed by atoms with E-state index in [0.717, 1.165) is 12.8 Å². The van der Waals surface area contributed by atoms with Gasteiger partial charge in [0, 0.05) is 11.8 Å². The highest BCUT2D eigenvalue weighted by atomic mass is 16.1. The van der Waals surface area contributed by atoms with Gasteiger partial charge >= 0.3 is 0 Å². The lowest BCUT2D eigenvalue weighted by molar-refractivity contribution is -0.142. The van der Waals surface area contributed by atoms with Crippen LogP contribution in [0.3, 0.4) is 0 Å². The Bertz CT molecular complexity index is 136. The summed E-state index contributed by atoms with van der Waals surface area (Å²) in [4.78, 5) is 10.9. The first-order valence-electron chi connectivity index (χ1n) is 3.62. The van der Waals surface area contributed by atoms with Crippen LogP contribution >= 0.6 is 0 Å². The Morgan fingerprint density at radius 1 is 1.67 bits per heavy atom. The van der Waals surface area contributed by atoms with Crippen molar-refractivity contribution >= 4 is 5.78 Å². The molecular weight excluding hydrogens is 112 g/mol. The second kappa shape index (κ2) is 1.83. The molecule has 0 amide bonds. The van der Waals surface area contributed by atoms with Gasteiger partial charge in [0.25, 0.3) is 0 Å². The van der Waals surface area contributed by atoms with Crippen molar-refractivity contribution in [3.8, 4) is 0 Å². The summed E-state index contributed by atoms with van der Waals surface area (Å²) in [5.41, 5.74) is 0.00868. The molecule has 0 bridgehead atoms. The van der Waals surface area contributed by atoms with Gasteiger partial charge in [-0.3, -0.25) is 4.79 Å². The van der Waals surface area contributed by atoms with Gasteiger partial charge in [0.15, 0.2) is 0 Å². The maximum absolute atomic E-state index is 10.9. The molecule has 52 valence electrons. The summed E-state index contributed by atoms with van der Waals surface area (Å²) < 4.78 is 0. The first-order valence-corrected chi connectivity index (χ1v) is 3.62. The third-order valence-corrected chi connectivity index (χ3v) is 2.66. The topological polar surface area (TPSA) is 17.1 Å². The van der Waals surface area contributed by atoms with Gasteiger partial charge in [-0.05, 0) is 5.92 Å². The lowest BCUT2D eigenvalue weighted by Crippen LogP contribution is -2.44. The number of carbonyl (C=O) groups excluding carboxylic acids is 1. The number of rotatable bonds is 1. The van der Waals surface area contributed by atoms with Gasteiger partial charge in [0.05, 0.1) is 0 Å². The van der Waals surface area contributed by atoms with E-state index in [1.54, 1.807) is 0 Å². The molecule has 1 aliphatic carbocycles. The van der Waals surface area contributed by atoms with Gasteiger partial charge in [-0.2, -0.15) is 0 Å². The Morgan fingerprint density at radius 3 is 2.33 bits per heavy atom. The molecule has 0 aromatic carbocycles. The summed E-state index contributed by atoms with van der Waals surface area (Å²) in [7, 11) is 0. The summed E-state index contributed by atoms with van der Waals surface area (Å²) in [5, 5.41) is 0. The van der Waals surface area contributed by atoms with E-state index in [0.29, 0.717) is 11.7 Å². The van der Waals surface area contributed by atoms with Crippen LogP contribution in [0.25, 0.3) is 0 Å². The van der Waals surface area contributed by atoms with E-state index in [-0.39, 0.29) is 5.41 Å². The molecule has 1 nitrogen and oxygen atoms in total. The third kappa shape index (κ3) is 0.790. The molecule has 0 saturated heterocycles. The molecule has 0 heterocycles. The summed E-state index contributed by atoms with van der Waals surface area (Å²) in [6.45, 7) is 6.25. The number of carbonyl (C=O) groups is 1. The molecule has 0 spiro atoms. The van der Waals surface area contributed by atoms with Crippen molar-refractivity contribution in [2.45, 2.75) is 33.6 Å². The van der Waals surface area contributed by atoms with Crippen molar-refractivity contribution in [1.29, 1.82) is 0 Å². The predicted molar refractivity (Wildman–Crippen MR) is 37.2 cm³/mol. The van der Waals surface area contributed by atoms with E-state index in [9.17, 15) is 4.79 Å². The van der Waals surface area contributed by atoms with Crippen LogP contribution in [0.2, 0.25) is 0 Å². The van der Waals surface area contributed by atoms with E-state index in [1.807, 2.05) is 13.8 Å². The maximum Gasteiger partial charge on any atom is 0.139 e. The fraction of sp³-hybridized carbons (Fsp3) is 0.875. The molecule has 0 radical (unpaired) electrons. The van der Waals surface area contributed by atoms with Crippen LogP contribution in [-0.4, -0.2) is 5.78 Å². The largest absolute Gasteiger partial charge is 0.299 e. The van der Waals surface area contributed by atoms with E-state index in [4.69, 9.17) is 0 Å². The summed E-state index contributed by atoms with van der Waals surface area (Å²) >= 11 is 0. The standard InChI is InChI=1S/C8H14O/c1-4-6-5-7(9)8(6,2)3/h6H,4-5H2,1-3H3/t6-/m1/s1. The maximum atomic E-state index is 10.9. The molecular formula is C8H14O. The van der Waals surface area contributed by atoms with Gasteiger partial charge in [-0.25, -0.2) is 0 Å². The number of ketones is 1. The monoisotopic (exact) mass is 126 g/mol. The lowest BCUT2D eigenvalue weighted by atomic mass is 9.60. The average Bonchev–Trinajstić information content (AvgIpc) is 1.82. The lowest BCUT2D eigenvalue weighted by Gasteiger charge is -2.42. The number of hydrogen-bond donors (Lipinski definition) is 0. The Morgan fingerprint density at radius 2 is 2.22 bits per heavy atom. The van der Waals surface area contributed by atoms with Gasteiger partial charge in [-0.15, -0.1) is 0 Å². The molecule has 0 aliphatic heterocycles. The first-order chi connectivity index (χ1) is 4.09.